The molecule has 2 rings (SSSR count). The van der Waals surface area contributed by atoms with Gasteiger partial charge in [-0.1, -0.05) is 0 Å². The van der Waals surface area contributed by atoms with Crippen molar-refractivity contribution in [3.05, 3.63) is 41.1 Å². The molecule has 0 saturated carbocycles. The second kappa shape index (κ2) is 12.4. The van der Waals surface area contributed by atoms with Crippen molar-refractivity contribution in [3.8, 4) is 0 Å². The minimum atomic E-state index is -0.177. The SMILES string of the molecule is CN=C(NCCCNC(=O)c1occc1C)NCCCn1nc(C)cc1C.I. The van der Waals surface area contributed by atoms with E-state index in [9.17, 15) is 4.79 Å². The average molecular weight is 502 g/mol. The molecule has 0 fully saturated rings. The Kier molecular flexibility index (Phi) is 10.6. The number of guanidine groups is 1. The fourth-order valence-electron chi connectivity index (χ4n) is 2.74. The average Bonchev–Trinajstić information content (AvgIpc) is 3.21. The van der Waals surface area contributed by atoms with E-state index >= 15 is 0 Å². The Hall–Kier alpha value is -2.04. The molecule has 8 nitrogen and oxygen atoms in total. The molecule has 0 radical (unpaired) electrons. The molecule has 0 aliphatic carbocycles. The second-order valence-corrected chi connectivity index (χ2v) is 6.47. The normalized spacial score (nSPS) is 11.1. The van der Waals surface area contributed by atoms with Gasteiger partial charge in [-0.15, -0.1) is 24.0 Å². The van der Waals surface area contributed by atoms with E-state index in [1.54, 1.807) is 13.1 Å². The van der Waals surface area contributed by atoms with Crippen LogP contribution in [0, 0.1) is 20.8 Å². The summed E-state index contributed by atoms with van der Waals surface area (Å²) in [5.74, 6) is 0.962. The lowest BCUT2D eigenvalue weighted by Gasteiger charge is -2.12. The van der Waals surface area contributed by atoms with Crippen LogP contribution in [0.15, 0.2) is 27.8 Å². The Morgan fingerprint density at radius 2 is 1.82 bits per heavy atom. The van der Waals surface area contributed by atoms with Crippen LogP contribution < -0.4 is 16.0 Å². The third-order valence-corrected chi connectivity index (χ3v) is 4.17. The van der Waals surface area contributed by atoms with Gasteiger partial charge in [-0.2, -0.15) is 5.10 Å². The predicted molar refractivity (Wildman–Crippen MR) is 121 cm³/mol. The fourth-order valence-corrected chi connectivity index (χ4v) is 2.74. The molecule has 0 aromatic carbocycles. The Morgan fingerprint density at radius 1 is 1.14 bits per heavy atom. The number of nitrogens with one attached hydrogen (secondary N) is 3. The quantitative estimate of drug-likeness (QED) is 0.212. The highest BCUT2D eigenvalue weighted by Gasteiger charge is 2.11. The minimum absolute atomic E-state index is 0. The first-order chi connectivity index (χ1) is 13.0. The number of aromatic nitrogens is 2. The maximum Gasteiger partial charge on any atom is 0.287 e. The van der Waals surface area contributed by atoms with Crippen LogP contribution in [0.2, 0.25) is 0 Å². The zero-order valence-corrected chi connectivity index (χ0v) is 19.4. The van der Waals surface area contributed by atoms with Crippen LogP contribution in [-0.2, 0) is 6.54 Å². The Balaban J connectivity index is 0.00000392. The van der Waals surface area contributed by atoms with Gasteiger partial charge in [0.2, 0.25) is 0 Å². The molecule has 0 atom stereocenters. The molecule has 2 aromatic rings. The number of furan rings is 1. The van der Waals surface area contributed by atoms with Gasteiger partial charge in [0.1, 0.15) is 0 Å². The van der Waals surface area contributed by atoms with Gasteiger partial charge in [0, 0.05) is 44.5 Å². The number of carbonyl (C=O) groups is 1. The Bertz CT molecular complexity index is 768. The van der Waals surface area contributed by atoms with Gasteiger partial charge in [0.05, 0.1) is 12.0 Å². The van der Waals surface area contributed by atoms with E-state index in [0.29, 0.717) is 18.8 Å². The summed E-state index contributed by atoms with van der Waals surface area (Å²) in [6.07, 6.45) is 3.27. The summed E-state index contributed by atoms with van der Waals surface area (Å²) in [7, 11) is 1.75. The number of aryl methyl sites for hydroxylation is 4. The standard InChI is InChI=1S/C19H30N6O2.HI/c1-14-7-12-27-17(14)18(26)21-8-5-9-22-19(20-4)23-10-6-11-25-16(3)13-15(2)24-25;/h7,12-13H,5-6,8-11H2,1-4H3,(H,21,26)(H2,20,22,23);1H. The molecular weight excluding hydrogens is 471 g/mol. The van der Waals surface area contributed by atoms with E-state index < -0.39 is 0 Å². The number of nitrogens with zero attached hydrogens (tertiary/aromatic N) is 3. The molecule has 156 valence electrons. The summed E-state index contributed by atoms with van der Waals surface area (Å²) in [6, 6.07) is 3.86. The molecule has 1 amide bonds. The second-order valence-electron chi connectivity index (χ2n) is 6.47. The lowest BCUT2D eigenvalue weighted by atomic mass is 10.2. The highest BCUT2D eigenvalue weighted by Crippen LogP contribution is 2.07. The topological polar surface area (TPSA) is 96.5 Å². The first kappa shape index (κ1) is 24.0. The number of amides is 1. The zero-order valence-electron chi connectivity index (χ0n) is 17.0. The third-order valence-electron chi connectivity index (χ3n) is 4.17. The monoisotopic (exact) mass is 502 g/mol. The summed E-state index contributed by atoms with van der Waals surface area (Å²) in [4.78, 5) is 16.1. The van der Waals surface area contributed by atoms with Crippen LogP contribution >= 0.6 is 24.0 Å². The van der Waals surface area contributed by atoms with Gasteiger partial charge in [0.25, 0.3) is 5.91 Å². The number of aliphatic imine (C=N–C) groups is 1. The molecule has 0 aliphatic rings. The summed E-state index contributed by atoms with van der Waals surface area (Å²) >= 11 is 0. The van der Waals surface area contributed by atoms with E-state index in [1.807, 2.05) is 18.5 Å². The maximum atomic E-state index is 11.9. The number of rotatable bonds is 9. The van der Waals surface area contributed by atoms with E-state index in [4.69, 9.17) is 4.42 Å². The molecule has 28 heavy (non-hydrogen) atoms. The predicted octanol–water partition coefficient (Wildman–Crippen LogP) is 2.39. The van der Waals surface area contributed by atoms with Crippen molar-refractivity contribution in [1.82, 2.24) is 25.7 Å². The van der Waals surface area contributed by atoms with Gasteiger partial charge in [0.15, 0.2) is 11.7 Å². The summed E-state index contributed by atoms with van der Waals surface area (Å²) in [6.45, 7) is 8.90. The van der Waals surface area contributed by atoms with Gasteiger partial charge >= 0.3 is 0 Å². The lowest BCUT2D eigenvalue weighted by molar-refractivity contribution is 0.0925. The van der Waals surface area contributed by atoms with Crippen molar-refractivity contribution in [3.63, 3.8) is 0 Å². The molecular formula is C19H31IN6O2. The summed E-state index contributed by atoms with van der Waals surface area (Å²) in [5, 5.41) is 13.8. The van der Waals surface area contributed by atoms with E-state index in [0.717, 1.165) is 43.1 Å². The smallest absolute Gasteiger partial charge is 0.287 e. The zero-order chi connectivity index (χ0) is 19.6. The molecule has 2 heterocycles. The van der Waals surface area contributed by atoms with Crippen molar-refractivity contribution in [2.24, 2.45) is 4.99 Å². The molecule has 0 spiro atoms. The van der Waals surface area contributed by atoms with E-state index in [-0.39, 0.29) is 29.9 Å². The van der Waals surface area contributed by atoms with Crippen LogP contribution in [0.25, 0.3) is 0 Å². The Labute approximate surface area is 183 Å². The van der Waals surface area contributed by atoms with Crippen LogP contribution in [0.5, 0.6) is 0 Å². The lowest BCUT2D eigenvalue weighted by Crippen LogP contribution is -2.39. The largest absolute Gasteiger partial charge is 0.459 e. The highest BCUT2D eigenvalue weighted by atomic mass is 127. The van der Waals surface area contributed by atoms with Crippen molar-refractivity contribution in [1.29, 1.82) is 0 Å². The first-order valence-corrected chi connectivity index (χ1v) is 9.29. The van der Waals surface area contributed by atoms with Crippen molar-refractivity contribution >= 4 is 35.8 Å². The Morgan fingerprint density at radius 3 is 2.39 bits per heavy atom. The number of halogens is 1. The number of carbonyl (C=O) groups excluding carboxylic acids is 1. The molecule has 0 unspecified atom stereocenters. The first-order valence-electron chi connectivity index (χ1n) is 9.29. The fraction of sp³-hybridized carbons (Fsp3) is 0.526. The van der Waals surface area contributed by atoms with Crippen molar-refractivity contribution < 1.29 is 9.21 Å². The number of hydrogen-bond acceptors (Lipinski definition) is 4. The van der Waals surface area contributed by atoms with Gasteiger partial charge in [-0.3, -0.25) is 14.5 Å². The van der Waals surface area contributed by atoms with E-state index in [1.165, 1.54) is 12.0 Å². The van der Waals surface area contributed by atoms with Crippen LogP contribution in [0.4, 0.5) is 0 Å². The van der Waals surface area contributed by atoms with Gasteiger partial charge in [-0.05, 0) is 45.7 Å². The van der Waals surface area contributed by atoms with Gasteiger partial charge < -0.3 is 20.4 Å². The molecule has 3 N–H and O–H groups in total. The van der Waals surface area contributed by atoms with Gasteiger partial charge in [-0.25, -0.2) is 0 Å². The molecule has 0 saturated heterocycles. The molecule has 2 aromatic heterocycles. The maximum absolute atomic E-state index is 11.9. The van der Waals surface area contributed by atoms with E-state index in [2.05, 4.69) is 39.0 Å². The van der Waals surface area contributed by atoms with Crippen molar-refractivity contribution in [2.75, 3.05) is 26.7 Å². The van der Waals surface area contributed by atoms with Crippen LogP contribution in [-0.4, -0.2) is 48.3 Å². The summed E-state index contributed by atoms with van der Waals surface area (Å²) < 4.78 is 7.20. The van der Waals surface area contributed by atoms with Crippen LogP contribution in [0.3, 0.4) is 0 Å². The van der Waals surface area contributed by atoms with Crippen molar-refractivity contribution in [2.45, 2.75) is 40.2 Å². The summed E-state index contributed by atoms with van der Waals surface area (Å²) in [5.41, 5.74) is 3.07. The molecule has 0 bridgehead atoms. The molecule has 9 heteroatoms. The highest BCUT2D eigenvalue weighted by molar-refractivity contribution is 14.0. The minimum Gasteiger partial charge on any atom is -0.459 e. The molecule has 0 aliphatic heterocycles. The van der Waals surface area contributed by atoms with Crippen LogP contribution in [0.1, 0.15) is 40.3 Å². The number of hydrogen-bond donors (Lipinski definition) is 3. The third kappa shape index (κ3) is 7.53.